The van der Waals surface area contributed by atoms with Gasteiger partial charge in [0.1, 0.15) is 6.61 Å². The topological polar surface area (TPSA) is 76.6 Å². The van der Waals surface area contributed by atoms with E-state index in [1.54, 1.807) is 12.3 Å². The molecule has 132 valence electrons. The summed E-state index contributed by atoms with van der Waals surface area (Å²) in [5.41, 5.74) is 1.81. The van der Waals surface area contributed by atoms with E-state index in [4.69, 9.17) is 9.47 Å². The van der Waals surface area contributed by atoms with Crippen molar-refractivity contribution < 1.29 is 14.3 Å². The molecule has 0 aliphatic carbocycles. The predicted molar refractivity (Wildman–Crippen MR) is 93.0 cm³/mol. The monoisotopic (exact) mass is 342 g/mol. The van der Waals surface area contributed by atoms with Crippen molar-refractivity contribution in [2.24, 2.45) is 0 Å². The van der Waals surface area contributed by atoms with E-state index in [2.05, 4.69) is 20.2 Å². The number of nitrogens with one attached hydrogen (secondary N) is 1. The van der Waals surface area contributed by atoms with Gasteiger partial charge < -0.3 is 19.7 Å². The smallest absolute Gasteiger partial charge is 0.246 e. The Morgan fingerprint density at radius 2 is 2.00 bits per heavy atom. The third kappa shape index (κ3) is 5.51. The number of hydrogen-bond donors (Lipinski definition) is 1. The molecule has 1 aliphatic rings. The zero-order chi connectivity index (χ0) is 17.3. The van der Waals surface area contributed by atoms with Crippen LogP contribution >= 0.6 is 0 Å². The van der Waals surface area contributed by atoms with Crippen molar-refractivity contribution in [1.29, 1.82) is 0 Å². The molecule has 0 atom stereocenters. The summed E-state index contributed by atoms with van der Waals surface area (Å²) in [5, 5.41) is 2.82. The highest BCUT2D eigenvalue weighted by atomic mass is 16.5. The second-order valence-corrected chi connectivity index (χ2v) is 5.70. The lowest BCUT2D eigenvalue weighted by Gasteiger charge is -2.26. The van der Waals surface area contributed by atoms with Gasteiger partial charge in [-0.2, -0.15) is 0 Å². The van der Waals surface area contributed by atoms with Crippen LogP contribution in [0.25, 0.3) is 0 Å². The number of amides is 1. The number of rotatable bonds is 7. The Bertz CT molecular complexity index is 675. The molecule has 0 spiro atoms. The van der Waals surface area contributed by atoms with Crippen LogP contribution in [-0.2, 0) is 27.4 Å². The maximum absolute atomic E-state index is 11.9. The third-order valence-electron chi connectivity index (χ3n) is 3.81. The van der Waals surface area contributed by atoms with Crippen molar-refractivity contribution in [3.05, 3.63) is 53.9 Å². The van der Waals surface area contributed by atoms with E-state index >= 15 is 0 Å². The van der Waals surface area contributed by atoms with E-state index in [0.29, 0.717) is 32.3 Å². The molecule has 25 heavy (non-hydrogen) atoms. The van der Waals surface area contributed by atoms with Gasteiger partial charge in [-0.1, -0.05) is 30.3 Å². The Hall–Kier alpha value is -2.51. The van der Waals surface area contributed by atoms with Crippen molar-refractivity contribution in [2.45, 2.75) is 13.2 Å². The van der Waals surface area contributed by atoms with Gasteiger partial charge in [0.25, 0.3) is 0 Å². The highest BCUT2D eigenvalue weighted by molar-refractivity contribution is 5.77. The van der Waals surface area contributed by atoms with Crippen LogP contribution < -0.4 is 10.2 Å². The van der Waals surface area contributed by atoms with Crippen molar-refractivity contribution >= 4 is 11.9 Å². The molecule has 2 heterocycles. The molecular weight excluding hydrogens is 320 g/mol. The number of carbonyl (C=O) groups is 1. The van der Waals surface area contributed by atoms with E-state index in [1.807, 2.05) is 30.3 Å². The molecule has 0 unspecified atom stereocenters. The minimum absolute atomic E-state index is 0.0241. The van der Waals surface area contributed by atoms with E-state index in [0.717, 1.165) is 24.3 Å². The minimum Gasteiger partial charge on any atom is -0.378 e. The van der Waals surface area contributed by atoms with Gasteiger partial charge >= 0.3 is 0 Å². The number of benzene rings is 1. The lowest BCUT2D eigenvalue weighted by atomic mass is 10.2. The second-order valence-electron chi connectivity index (χ2n) is 5.70. The highest BCUT2D eigenvalue weighted by Crippen LogP contribution is 2.09. The van der Waals surface area contributed by atoms with Crippen LogP contribution in [0.1, 0.15) is 11.3 Å². The van der Waals surface area contributed by atoms with Crippen molar-refractivity contribution in [1.82, 2.24) is 15.3 Å². The van der Waals surface area contributed by atoms with Gasteiger partial charge in [-0.05, 0) is 11.6 Å². The summed E-state index contributed by atoms with van der Waals surface area (Å²) >= 11 is 0. The average Bonchev–Trinajstić information content (AvgIpc) is 2.68. The van der Waals surface area contributed by atoms with Crippen LogP contribution in [0, 0.1) is 0 Å². The van der Waals surface area contributed by atoms with Crippen molar-refractivity contribution in [3.8, 4) is 0 Å². The lowest BCUT2D eigenvalue weighted by molar-refractivity contribution is -0.126. The SMILES string of the molecule is O=C(COCc1ccccc1)NCc1ccnc(N2CCOCC2)n1. The van der Waals surface area contributed by atoms with E-state index in [9.17, 15) is 4.79 Å². The first-order chi connectivity index (χ1) is 12.3. The fourth-order valence-electron chi connectivity index (χ4n) is 2.47. The number of nitrogens with zero attached hydrogens (tertiary/aromatic N) is 3. The van der Waals surface area contributed by atoms with Gasteiger partial charge in [-0.15, -0.1) is 0 Å². The van der Waals surface area contributed by atoms with Crippen LogP contribution in [0.5, 0.6) is 0 Å². The first-order valence-corrected chi connectivity index (χ1v) is 8.34. The first-order valence-electron chi connectivity index (χ1n) is 8.34. The zero-order valence-corrected chi connectivity index (χ0v) is 14.1. The summed E-state index contributed by atoms with van der Waals surface area (Å²) in [6.45, 7) is 3.73. The normalized spacial score (nSPS) is 14.3. The molecule has 1 fully saturated rings. The number of hydrogen-bond acceptors (Lipinski definition) is 6. The number of morpholine rings is 1. The number of ether oxygens (including phenoxy) is 2. The van der Waals surface area contributed by atoms with Crippen LogP contribution in [0.15, 0.2) is 42.6 Å². The summed E-state index contributed by atoms with van der Waals surface area (Å²) in [7, 11) is 0. The lowest BCUT2D eigenvalue weighted by Crippen LogP contribution is -2.37. The second kappa shape index (κ2) is 9.10. The molecule has 2 aromatic rings. The van der Waals surface area contributed by atoms with E-state index < -0.39 is 0 Å². The number of anilines is 1. The van der Waals surface area contributed by atoms with Gasteiger partial charge in [0.15, 0.2) is 0 Å². The maximum Gasteiger partial charge on any atom is 0.246 e. The molecule has 1 N–H and O–H groups in total. The molecule has 0 saturated carbocycles. The predicted octanol–water partition coefficient (Wildman–Crippen LogP) is 1.15. The van der Waals surface area contributed by atoms with Crippen molar-refractivity contribution in [2.75, 3.05) is 37.8 Å². The zero-order valence-electron chi connectivity index (χ0n) is 14.1. The van der Waals surface area contributed by atoms with Crippen LogP contribution in [-0.4, -0.2) is 48.8 Å². The quantitative estimate of drug-likeness (QED) is 0.813. The van der Waals surface area contributed by atoms with Gasteiger partial charge in [0.2, 0.25) is 11.9 Å². The molecule has 3 rings (SSSR count). The Kier molecular flexibility index (Phi) is 6.30. The Labute approximate surface area is 147 Å². The Balaban J connectivity index is 1.42. The molecule has 0 bridgehead atoms. The van der Waals surface area contributed by atoms with Gasteiger partial charge in [-0.25, -0.2) is 9.97 Å². The molecule has 7 nitrogen and oxygen atoms in total. The first kappa shape index (κ1) is 17.3. The summed E-state index contributed by atoms with van der Waals surface area (Å²) < 4.78 is 10.8. The standard InChI is InChI=1S/C18H22N4O3/c23-17(14-25-13-15-4-2-1-3-5-15)20-12-16-6-7-19-18(21-16)22-8-10-24-11-9-22/h1-7H,8-14H2,(H,20,23). The summed E-state index contributed by atoms with van der Waals surface area (Å²) in [6, 6.07) is 11.6. The molecular formula is C18H22N4O3. The molecule has 0 radical (unpaired) electrons. The Morgan fingerprint density at radius 3 is 2.80 bits per heavy atom. The van der Waals surface area contributed by atoms with Crippen LogP contribution in [0.3, 0.4) is 0 Å². The molecule has 1 aromatic carbocycles. The van der Waals surface area contributed by atoms with Crippen molar-refractivity contribution in [3.63, 3.8) is 0 Å². The largest absolute Gasteiger partial charge is 0.378 e. The molecule has 1 saturated heterocycles. The van der Waals surface area contributed by atoms with Gasteiger partial charge in [-0.3, -0.25) is 4.79 Å². The number of aromatic nitrogens is 2. The van der Waals surface area contributed by atoms with E-state index in [-0.39, 0.29) is 12.5 Å². The van der Waals surface area contributed by atoms with Gasteiger partial charge in [0.05, 0.1) is 32.1 Å². The van der Waals surface area contributed by atoms with Crippen LogP contribution in [0.4, 0.5) is 5.95 Å². The summed E-state index contributed by atoms with van der Waals surface area (Å²) in [5.74, 6) is 0.512. The van der Waals surface area contributed by atoms with Crippen LogP contribution in [0.2, 0.25) is 0 Å². The fourth-order valence-corrected chi connectivity index (χ4v) is 2.47. The molecule has 7 heteroatoms. The average molecular weight is 342 g/mol. The molecule has 1 aliphatic heterocycles. The minimum atomic E-state index is -0.164. The molecule has 1 aromatic heterocycles. The number of carbonyl (C=O) groups excluding carboxylic acids is 1. The third-order valence-corrected chi connectivity index (χ3v) is 3.81. The summed E-state index contributed by atoms with van der Waals surface area (Å²) in [4.78, 5) is 22.8. The Morgan fingerprint density at radius 1 is 1.20 bits per heavy atom. The highest BCUT2D eigenvalue weighted by Gasteiger charge is 2.14. The van der Waals surface area contributed by atoms with Gasteiger partial charge in [0, 0.05) is 19.3 Å². The summed E-state index contributed by atoms with van der Waals surface area (Å²) in [6.07, 6.45) is 1.71. The molecule has 1 amide bonds. The maximum atomic E-state index is 11.9. The fraction of sp³-hybridized carbons (Fsp3) is 0.389. The van der Waals surface area contributed by atoms with E-state index in [1.165, 1.54) is 0 Å².